The molecule has 2 aromatic carbocycles. The fourth-order valence-electron chi connectivity index (χ4n) is 3.77. The van der Waals surface area contributed by atoms with Gasteiger partial charge in [-0.3, -0.25) is 14.8 Å². The van der Waals surface area contributed by atoms with Crippen LogP contribution in [0.1, 0.15) is 11.3 Å². The van der Waals surface area contributed by atoms with Crippen LogP contribution in [0.4, 0.5) is 0 Å². The quantitative estimate of drug-likeness (QED) is 0.548. The molecule has 0 radical (unpaired) electrons. The van der Waals surface area contributed by atoms with Gasteiger partial charge in [-0.25, -0.2) is 0 Å². The fourth-order valence-corrected chi connectivity index (χ4v) is 4.34. The third-order valence-electron chi connectivity index (χ3n) is 5.29. The first-order valence-corrected chi connectivity index (χ1v) is 10.7. The number of ether oxygens (including phenoxy) is 1. The van der Waals surface area contributed by atoms with Crippen LogP contribution in [0.5, 0.6) is 5.75 Å². The molecule has 0 spiro atoms. The van der Waals surface area contributed by atoms with Crippen LogP contribution in [0.3, 0.4) is 0 Å². The molecule has 6 heteroatoms. The Hall–Kier alpha value is -1.85. The molecule has 0 unspecified atom stereocenters. The molecule has 1 aromatic heterocycles. The number of rotatable bonds is 6. The largest absolute Gasteiger partial charge is 0.492 e. The number of aromatic nitrogens is 1. The molecule has 3 aromatic rings. The fraction of sp³-hybridized carbons (Fsp3) is 0.348. The Kier molecular flexibility index (Phi) is 6.56. The molecule has 0 atom stereocenters. The summed E-state index contributed by atoms with van der Waals surface area (Å²) >= 11 is 12.2. The zero-order valence-corrected chi connectivity index (χ0v) is 18.1. The molecule has 152 valence electrons. The molecule has 0 saturated carbocycles. The van der Waals surface area contributed by atoms with Crippen LogP contribution in [-0.4, -0.2) is 54.1 Å². The Balaban J connectivity index is 1.25. The zero-order chi connectivity index (χ0) is 20.2. The second-order valence-electron chi connectivity index (χ2n) is 7.52. The lowest BCUT2D eigenvalue weighted by atomic mass is 10.2. The Morgan fingerprint density at radius 1 is 0.931 bits per heavy atom. The van der Waals surface area contributed by atoms with Gasteiger partial charge in [-0.15, -0.1) is 0 Å². The van der Waals surface area contributed by atoms with E-state index in [1.165, 1.54) is 5.56 Å². The Morgan fingerprint density at radius 2 is 1.66 bits per heavy atom. The predicted octanol–water partition coefficient (Wildman–Crippen LogP) is 5.05. The van der Waals surface area contributed by atoms with Crippen LogP contribution in [0, 0.1) is 6.92 Å². The summed E-state index contributed by atoms with van der Waals surface area (Å²) in [7, 11) is 0. The number of fused-ring (bicyclic) bond motifs is 1. The van der Waals surface area contributed by atoms with Crippen LogP contribution in [0.25, 0.3) is 10.9 Å². The number of benzene rings is 2. The van der Waals surface area contributed by atoms with Gasteiger partial charge in [0.15, 0.2) is 0 Å². The lowest BCUT2D eigenvalue weighted by molar-refractivity contribution is 0.113. The third-order valence-corrected chi connectivity index (χ3v) is 5.73. The standard InChI is InChI=1S/C23H25Cl2N3O/c1-17-5-6-21-22(26-17)3-2-4-23(21)29-12-11-27-7-9-28(10-8-27)16-18-13-19(24)15-20(25)14-18/h2-6,13-15H,7-12,16H2,1H3. The lowest BCUT2D eigenvalue weighted by Gasteiger charge is -2.34. The van der Waals surface area contributed by atoms with E-state index in [0.29, 0.717) is 16.7 Å². The van der Waals surface area contributed by atoms with Gasteiger partial charge in [0.05, 0.1) is 5.52 Å². The SMILES string of the molecule is Cc1ccc2c(OCCN3CCN(Cc4cc(Cl)cc(Cl)c4)CC3)cccc2n1. The Labute approximate surface area is 182 Å². The van der Waals surface area contributed by atoms with Crippen molar-refractivity contribution in [3.8, 4) is 5.75 Å². The topological polar surface area (TPSA) is 28.6 Å². The van der Waals surface area contributed by atoms with Gasteiger partial charge in [0.2, 0.25) is 0 Å². The highest BCUT2D eigenvalue weighted by atomic mass is 35.5. The van der Waals surface area contributed by atoms with Gasteiger partial charge < -0.3 is 4.74 Å². The molecule has 2 heterocycles. The summed E-state index contributed by atoms with van der Waals surface area (Å²) in [5.74, 6) is 0.909. The second kappa shape index (κ2) is 9.31. The van der Waals surface area contributed by atoms with Gasteiger partial charge in [-0.05, 0) is 55.0 Å². The molecule has 4 nitrogen and oxygen atoms in total. The van der Waals surface area contributed by atoms with Crippen LogP contribution in [-0.2, 0) is 6.54 Å². The summed E-state index contributed by atoms with van der Waals surface area (Å²) in [5.41, 5.74) is 3.17. The van der Waals surface area contributed by atoms with E-state index in [2.05, 4.69) is 20.9 Å². The summed E-state index contributed by atoms with van der Waals surface area (Å²) in [6.07, 6.45) is 0. The van der Waals surface area contributed by atoms with Crippen LogP contribution in [0.2, 0.25) is 10.0 Å². The molecule has 0 N–H and O–H groups in total. The second-order valence-corrected chi connectivity index (χ2v) is 8.39. The lowest BCUT2D eigenvalue weighted by Crippen LogP contribution is -2.47. The van der Waals surface area contributed by atoms with Gasteiger partial charge in [-0.1, -0.05) is 29.3 Å². The number of nitrogens with zero attached hydrogens (tertiary/aromatic N) is 3. The molecular weight excluding hydrogens is 405 g/mol. The predicted molar refractivity (Wildman–Crippen MR) is 120 cm³/mol. The first-order chi connectivity index (χ1) is 14.1. The number of pyridine rings is 1. The minimum Gasteiger partial charge on any atom is -0.492 e. The molecular formula is C23H25Cl2N3O. The molecule has 4 rings (SSSR count). The van der Waals surface area contributed by atoms with Crippen molar-refractivity contribution in [1.82, 2.24) is 14.8 Å². The highest BCUT2D eigenvalue weighted by Gasteiger charge is 2.17. The van der Waals surface area contributed by atoms with E-state index >= 15 is 0 Å². The van der Waals surface area contributed by atoms with E-state index in [1.54, 1.807) is 6.07 Å². The first-order valence-electron chi connectivity index (χ1n) is 9.96. The van der Waals surface area contributed by atoms with Crippen LogP contribution < -0.4 is 4.74 Å². The van der Waals surface area contributed by atoms with Crippen molar-refractivity contribution < 1.29 is 4.74 Å². The van der Waals surface area contributed by atoms with Gasteiger partial charge in [0, 0.05) is 60.4 Å². The smallest absolute Gasteiger partial charge is 0.128 e. The zero-order valence-electron chi connectivity index (χ0n) is 16.6. The summed E-state index contributed by atoms with van der Waals surface area (Å²) < 4.78 is 6.09. The number of hydrogen-bond acceptors (Lipinski definition) is 4. The molecule has 0 aliphatic carbocycles. The van der Waals surface area contributed by atoms with Crippen molar-refractivity contribution in [2.24, 2.45) is 0 Å². The molecule has 0 bridgehead atoms. The summed E-state index contributed by atoms with van der Waals surface area (Å²) in [6.45, 7) is 8.62. The minimum atomic E-state index is 0.677. The molecule has 1 saturated heterocycles. The van der Waals surface area contributed by atoms with Gasteiger partial charge in [0.25, 0.3) is 0 Å². The van der Waals surface area contributed by atoms with E-state index in [4.69, 9.17) is 27.9 Å². The van der Waals surface area contributed by atoms with E-state index < -0.39 is 0 Å². The average molecular weight is 430 g/mol. The Morgan fingerprint density at radius 3 is 2.41 bits per heavy atom. The van der Waals surface area contributed by atoms with Crippen molar-refractivity contribution in [3.05, 3.63) is 69.8 Å². The molecule has 1 aliphatic rings. The summed E-state index contributed by atoms with van der Waals surface area (Å²) in [5, 5.41) is 2.47. The van der Waals surface area contributed by atoms with E-state index in [9.17, 15) is 0 Å². The highest BCUT2D eigenvalue weighted by molar-refractivity contribution is 6.34. The van der Waals surface area contributed by atoms with E-state index in [1.807, 2.05) is 43.3 Å². The maximum Gasteiger partial charge on any atom is 0.128 e. The maximum atomic E-state index is 6.11. The van der Waals surface area contributed by atoms with Crippen molar-refractivity contribution in [1.29, 1.82) is 0 Å². The number of halogens is 2. The highest BCUT2D eigenvalue weighted by Crippen LogP contribution is 2.24. The monoisotopic (exact) mass is 429 g/mol. The minimum absolute atomic E-state index is 0.677. The number of aryl methyl sites for hydroxylation is 1. The van der Waals surface area contributed by atoms with E-state index in [0.717, 1.165) is 61.6 Å². The normalized spacial score (nSPS) is 15.7. The van der Waals surface area contributed by atoms with E-state index in [-0.39, 0.29) is 0 Å². The third kappa shape index (κ3) is 5.40. The maximum absolute atomic E-state index is 6.11. The first kappa shape index (κ1) is 20.4. The van der Waals surface area contributed by atoms with Gasteiger partial charge in [0.1, 0.15) is 12.4 Å². The van der Waals surface area contributed by atoms with Crippen molar-refractivity contribution in [3.63, 3.8) is 0 Å². The summed E-state index contributed by atoms with van der Waals surface area (Å²) in [6, 6.07) is 15.9. The molecule has 1 aliphatic heterocycles. The average Bonchev–Trinajstić information content (AvgIpc) is 2.68. The van der Waals surface area contributed by atoms with Crippen molar-refractivity contribution in [2.45, 2.75) is 13.5 Å². The Bertz CT molecular complexity index is 967. The van der Waals surface area contributed by atoms with Crippen LogP contribution in [0.15, 0.2) is 48.5 Å². The summed E-state index contributed by atoms with van der Waals surface area (Å²) in [4.78, 5) is 9.47. The van der Waals surface area contributed by atoms with Crippen molar-refractivity contribution in [2.75, 3.05) is 39.3 Å². The van der Waals surface area contributed by atoms with Crippen LogP contribution >= 0.6 is 23.2 Å². The molecule has 29 heavy (non-hydrogen) atoms. The van der Waals surface area contributed by atoms with Gasteiger partial charge >= 0.3 is 0 Å². The van der Waals surface area contributed by atoms with Crippen molar-refractivity contribution >= 4 is 34.1 Å². The molecule has 1 fully saturated rings. The van der Waals surface area contributed by atoms with Gasteiger partial charge in [-0.2, -0.15) is 0 Å². The number of hydrogen-bond donors (Lipinski definition) is 0. The number of piperazine rings is 1. The molecule has 0 amide bonds.